The molecule has 0 spiro atoms. The summed E-state index contributed by atoms with van der Waals surface area (Å²) >= 11 is 0. The van der Waals surface area contributed by atoms with Crippen LogP contribution in [0.5, 0.6) is 5.75 Å². The molecule has 3 aromatic carbocycles. The number of benzene rings is 3. The highest BCUT2D eigenvalue weighted by Gasteiger charge is 2.32. The lowest BCUT2D eigenvalue weighted by Crippen LogP contribution is -2.18. The van der Waals surface area contributed by atoms with Crippen molar-refractivity contribution in [2.24, 2.45) is 0 Å². The van der Waals surface area contributed by atoms with Gasteiger partial charge in [-0.05, 0) is 79.1 Å². The average molecular weight is 472 g/mol. The van der Waals surface area contributed by atoms with Gasteiger partial charge in [-0.3, -0.25) is 0 Å². The molecule has 174 valence electrons. The van der Waals surface area contributed by atoms with Crippen LogP contribution in [0.3, 0.4) is 0 Å². The van der Waals surface area contributed by atoms with E-state index in [0.717, 1.165) is 59.5 Å². The van der Waals surface area contributed by atoms with Crippen molar-refractivity contribution in [1.82, 2.24) is 3.97 Å². The molecule has 0 N–H and O–H groups in total. The monoisotopic (exact) mass is 471 g/mol. The Bertz CT molecular complexity index is 1400. The highest BCUT2D eigenvalue weighted by atomic mass is 32.2. The van der Waals surface area contributed by atoms with Crippen molar-refractivity contribution in [1.29, 1.82) is 0 Å². The lowest BCUT2D eigenvalue weighted by atomic mass is 9.89. The fourth-order valence-electron chi connectivity index (χ4n) is 4.95. The van der Waals surface area contributed by atoms with Gasteiger partial charge in [0.15, 0.2) is 0 Å². The maximum Gasteiger partial charge on any atom is 0.268 e. The summed E-state index contributed by atoms with van der Waals surface area (Å²) in [6.07, 6.45) is 4.49. The van der Waals surface area contributed by atoms with Gasteiger partial charge < -0.3 is 4.74 Å². The molecule has 0 fully saturated rings. The fraction of sp³-hybridized carbons (Fsp3) is 0.241. The summed E-state index contributed by atoms with van der Waals surface area (Å²) in [5, 5.41) is 0. The molecule has 0 atom stereocenters. The van der Waals surface area contributed by atoms with Crippen molar-refractivity contribution < 1.29 is 13.2 Å². The molecule has 0 saturated carbocycles. The molecule has 4 nitrogen and oxygen atoms in total. The van der Waals surface area contributed by atoms with Gasteiger partial charge in [-0.15, -0.1) is 0 Å². The first-order valence-corrected chi connectivity index (χ1v) is 13.2. The molecule has 0 aliphatic heterocycles. The molecular weight excluding hydrogens is 442 g/mol. The highest BCUT2D eigenvalue weighted by molar-refractivity contribution is 7.90. The second kappa shape index (κ2) is 9.15. The van der Waals surface area contributed by atoms with Gasteiger partial charge in [-0.2, -0.15) is 0 Å². The zero-order valence-corrected chi connectivity index (χ0v) is 20.4. The Hall–Kier alpha value is -3.31. The zero-order valence-electron chi connectivity index (χ0n) is 19.6. The van der Waals surface area contributed by atoms with Crippen LogP contribution in [0.4, 0.5) is 0 Å². The van der Waals surface area contributed by atoms with E-state index in [1.54, 1.807) is 23.2 Å². The Morgan fingerprint density at radius 1 is 0.824 bits per heavy atom. The molecule has 5 heteroatoms. The number of methoxy groups -OCH3 is 1. The van der Waals surface area contributed by atoms with Gasteiger partial charge in [0, 0.05) is 12.1 Å². The molecule has 0 saturated heterocycles. The zero-order chi connectivity index (χ0) is 23.7. The number of aryl methyl sites for hydroxylation is 1. The summed E-state index contributed by atoms with van der Waals surface area (Å²) < 4.78 is 35.4. The van der Waals surface area contributed by atoms with Crippen LogP contribution in [0.25, 0.3) is 11.3 Å². The van der Waals surface area contributed by atoms with E-state index in [9.17, 15) is 8.42 Å². The maximum absolute atomic E-state index is 14.2. The maximum atomic E-state index is 14.2. The highest BCUT2D eigenvalue weighted by Crippen LogP contribution is 2.40. The average Bonchev–Trinajstić information content (AvgIpc) is 3.20. The van der Waals surface area contributed by atoms with E-state index in [0.29, 0.717) is 11.3 Å². The molecular formula is C29H29NO3S. The Kier molecular flexibility index (Phi) is 6.05. The summed E-state index contributed by atoms with van der Waals surface area (Å²) in [5.41, 5.74) is 7.10. The van der Waals surface area contributed by atoms with Crippen molar-refractivity contribution >= 4 is 10.0 Å². The third-order valence-corrected chi connectivity index (χ3v) is 8.44. The molecule has 4 aromatic rings. The van der Waals surface area contributed by atoms with Crippen molar-refractivity contribution in [2.75, 3.05) is 7.11 Å². The standard InChI is InChI=1S/C29H29NO3S/c1-21-12-18-25(19-13-21)34(31,32)30-28(20-22-14-16-24(33-2)17-15-22)26-10-6-7-11-27(26)29(30)23-8-4-3-5-9-23/h3-5,8-9,12-19H,6-7,10-11,20H2,1-2H3. The smallest absolute Gasteiger partial charge is 0.268 e. The second-order valence-electron chi connectivity index (χ2n) is 8.93. The topological polar surface area (TPSA) is 48.3 Å². The number of aromatic nitrogens is 1. The molecule has 5 rings (SSSR count). The molecule has 0 amide bonds. The van der Waals surface area contributed by atoms with Crippen LogP contribution in [0.15, 0.2) is 83.8 Å². The lowest BCUT2D eigenvalue weighted by Gasteiger charge is -2.16. The van der Waals surface area contributed by atoms with E-state index in [1.807, 2.05) is 73.7 Å². The first-order chi connectivity index (χ1) is 16.5. The first kappa shape index (κ1) is 22.5. The molecule has 1 heterocycles. The van der Waals surface area contributed by atoms with Crippen LogP contribution < -0.4 is 4.74 Å². The van der Waals surface area contributed by atoms with E-state index in [4.69, 9.17) is 4.74 Å². The van der Waals surface area contributed by atoms with Crippen LogP contribution in [-0.4, -0.2) is 19.5 Å². The van der Waals surface area contributed by atoms with Gasteiger partial charge in [-0.25, -0.2) is 12.4 Å². The Balaban J connectivity index is 1.77. The normalized spacial score (nSPS) is 13.5. The van der Waals surface area contributed by atoms with Crippen LogP contribution in [0.1, 0.15) is 40.8 Å². The summed E-state index contributed by atoms with van der Waals surface area (Å²) in [4.78, 5) is 0.318. The number of fused-ring (bicyclic) bond motifs is 1. The van der Waals surface area contributed by atoms with Crippen LogP contribution in [0, 0.1) is 6.92 Å². The summed E-state index contributed by atoms with van der Waals surface area (Å²) in [6, 6.07) is 25.0. The number of rotatable bonds is 6. The van der Waals surface area contributed by atoms with Crippen molar-refractivity contribution in [3.63, 3.8) is 0 Å². The third-order valence-electron chi connectivity index (χ3n) is 6.69. The molecule has 0 bridgehead atoms. The van der Waals surface area contributed by atoms with Crippen molar-refractivity contribution in [3.8, 4) is 17.0 Å². The first-order valence-electron chi connectivity index (χ1n) is 11.7. The van der Waals surface area contributed by atoms with Gasteiger partial charge in [0.25, 0.3) is 10.0 Å². The Morgan fingerprint density at radius 2 is 1.47 bits per heavy atom. The van der Waals surface area contributed by atoms with Crippen LogP contribution >= 0.6 is 0 Å². The quantitative estimate of drug-likeness (QED) is 0.337. The minimum absolute atomic E-state index is 0.318. The molecule has 1 aliphatic rings. The van der Waals surface area contributed by atoms with Gasteiger partial charge in [-0.1, -0.05) is 60.2 Å². The van der Waals surface area contributed by atoms with Gasteiger partial charge in [0.2, 0.25) is 0 Å². The minimum atomic E-state index is -3.80. The number of hydrogen-bond donors (Lipinski definition) is 0. The fourth-order valence-corrected chi connectivity index (χ4v) is 6.56. The summed E-state index contributed by atoms with van der Waals surface area (Å²) in [6.45, 7) is 1.97. The second-order valence-corrected chi connectivity index (χ2v) is 10.7. The summed E-state index contributed by atoms with van der Waals surface area (Å²) in [5.74, 6) is 0.790. The number of hydrogen-bond acceptors (Lipinski definition) is 3. The van der Waals surface area contributed by atoms with Crippen molar-refractivity contribution in [2.45, 2.75) is 43.9 Å². The summed E-state index contributed by atoms with van der Waals surface area (Å²) in [7, 11) is -2.15. The van der Waals surface area contributed by atoms with Gasteiger partial charge in [0.1, 0.15) is 5.75 Å². The third kappa shape index (κ3) is 4.05. The number of nitrogens with zero attached hydrogens (tertiary/aromatic N) is 1. The Morgan fingerprint density at radius 3 is 2.12 bits per heavy atom. The molecule has 0 unspecified atom stereocenters. The lowest BCUT2D eigenvalue weighted by molar-refractivity contribution is 0.414. The SMILES string of the molecule is COc1ccc(Cc2c3c(c(-c4ccccc4)n2S(=O)(=O)c2ccc(C)cc2)CCCC3)cc1. The van der Waals surface area contributed by atoms with Gasteiger partial charge in [0.05, 0.1) is 17.7 Å². The van der Waals surface area contributed by atoms with Gasteiger partial charge >= 0.3 is 0 Å². The molecule has 1 aliphatic carbocycles. The molecule has 0 radical (unpaired) electrons. The van der Waals surface area contributed by atoms with Crippen LogP contribution in [-0.2, 0) is 29.3 Å². The largest absolute Gasteiger partial charge is 0.497 e. The van der Waals surface area contributed by atoms with E-state index in [2.05, 4.69) is 0 Å². The minimum Gasteiger partial charge on any atom is -0.497 e. The Labute approximate surface area is 201 Å². The predicted molar refractivity (Wildman–Crippen MR) is 136 cm³/mol. The van der Waals surface area contributed by atoms with Crippen LogP contribution in [0.2, 0.25) is 0 Å². The van der Waals surface area contributed by atoms with E-state index >= 15 is 0 Å². The van der Waals surface area contributed by atoms with E-state index in [-0.39, 0.29) is 0 Å². The van der Waals surface area contributed by atoms with E-state index < -0.39 is 10.0 Å². The van der Waals surface area contributed by atoms with Crippen molar-refractivity contribution in [3.05, 3.63) is 107 Å². The number of ether oxygens (including phenoxy) is 1. The predicted octanol–water partition coefficient (Wildman–Crippen LogP) is 6.18. The molecule has 34 heavy (non-hydrogen) atoms. The van der Waals surface area contributed by atoms with E-state index in [1.165, 1.54) is 11.1 Å². The molecule has 1 aromatic heterocycles.